The SMILES string of the molecule is COC(=O)c1ccc(CNC2CC(O)C2)cc1F. The minimum Gasteiger partial charge on any atom is -0.465 e. The molecule has 98 valence electrons. The third-order valence-electron chi connectivity index (χ3n) is 3.15. The van der Waals surface area contributed by atoms with Crippen molar-refractivity contribution in [3.8, 4) is 0 Å². The highest BCUT2D eigenvalue weighted by Gasteiger charge is 2.26. The maximum atomic E-state index is 13.6. The van der Waals surface area contributed by atoms with Crippen molar-refractivity contribution >= 4 is 5.97 Å². The molecule has 0 saturated heterocycles. The molecule has 0 aliphatic heterocycles. The molecule has 0 amide bonds. The molecule has 0 heterocycles. The van der Waals surface area contributed by atoms with Gasteiger partial charge in [0.1, 0.15) is 5.82 Å². The summed E-state index contributed by atoms with van der Waals surface area (Å²) in [6.45, 7) is 0.524. The van der Waals surface area contributed by atoms with E-state index in [1.807, 2.05) is 0 Å². The molecule has 5 heteroatoms. The first kappa shape index (κ1) is 13.0. The van der Waals surface area contributed by atoms with E-state index in [4.69, 9.17) is 5.11 Å². The number of hydrogen-bond donors (Lipinski definition) is 2. The second-order valence-electron chi connectivity index (χ2n) is 4.51. The minimum absolute atomic E-state index is 0.0553. The lowest BCUT2D eigenvalue weighted by Gasteiger charge is -2.32. The van der Waals surface area contributed by atoms with Gasteiger partial charge < -0.3 is 15.2 Å². The number of rotatable bonds is 4. The third-order valence-corrected chi connectivity index (χ3v) is 3.15. The lowest BCUT2D eigenvalue weighted by molar-refractivity contribution is 0.0592. The van der Waals surface area contributed by atoms with Crippen LogP contribution in [-0.2, 0) is 11.3 Å². The van der Waals surface area contributed by atoms with Crippen molar-refractivity contribution in [3.05, 3.63) is 35.1 Å². The first-order valence-corrected chi connectivity index (χ1v) is 5.88. The van der Waals surface area contributed by atoms with Crippen molar-refractivity contribution < 1.29 is 19.0 Å². The molecular formula is C13H16FNO3. The predicted octanol–water partition coefficient (Wildman–Crippen LogP) is 1.23. The zero-order chi connectivity index (χ0) is 13.1. The van der Waals surface area contributed by atoms with Gasteiger partial charge in [-0.1, -0.05) is 6.07 Å². The Bertz CT molecular complexity index is 444. The Labute approximate surface area is 105 Å². The quantitative estimate of drug-likeness (QED) is 0.792. The second kappa shape index (κ2) is 5.46. The van der Waals surface area contributed by atoms with E-state index in [1.165, 1.54) is 19.2 Å². The highest BCUT2D eigenvalue weighted by atomic mass is 19.1. The van der Waals surface area contributed by atoms with E-state index in [0.717, 1.165) is 18.4 Å². The van der Waals surface area contributed by atoms with Crippen LogP contribution in [0, 0.1) is 5.82 Å². The van der Waals surface area contributed by atoms with Gasteiger partial charge in [-0.05, 0) is 30.5 Å². The summed E-state index contributed by atoms with van der Waals surface area (Å²) < 4.78 is 18.1. The number of hydrogen-bond acceptors (Lipinski definition) is 4. The Balaban J connectivity index is 1.94. The van der Waals surface area contributed by atoms with Crippen LogP contribution in [-0.4, -0.2) is 30.3 Å². The van der Waals surface area contributed by atoms with Crippen LogP contribution in [0.15, 0.2) is 18.2 Å². The summed E-state index contributed by atoms with van der Waals surface area (Å²) in [4.78, 5) is 11.2. The first-order chi connectivity index (χ1) is 8.60. The molecule has 2 N–H and O–H groups in total. The molecule has 0 unspecified atom stereocenters. The number of aliphatic hydroxyl groups excluding tert-OH is 1. The number of aliphatic hydroxyl groups is 1. The van der Waals surface area contributed by atoms with Crippen LogP contribution in [0.3, 0.4) is 0 Å². The van der Waals surface area contributed by atoms with Crippen molar-refractivity contribution in [3.63, 3.8) is 0 Å². The molecule has 0 spiro atoms. The summed E-state index contributed by atoms with van der Waals surface area (Å²) in [5, 5.41) is 12.3. The fraction of sp³-hybridized carbons (Fsp3) is 0.462. The van der Waals surface area contributed by atoms with Gasteiger partial charge in [0.2, 0.25) is 0 Å². The monoisotopic (exact) mass is 253 g/mol. The van der Waals surface area contributed by atoms with Crippen molar-refractivity contribution in [1.82, 2.24) is 5.32 Å². The number of carbonyl (C=O) groups is 1. The molecule has 4 nitrogen and oxygen atoms in total. The molecule has 2 rings (SSSR count). The van der Waals surface area contributed by atoms with Crippen LogP contribution in [0.1, 0.15) is 28.8 Å². The van der Waals surface area contributed by atoms with Crippen LogP contribution >= 0.6 is 0 Å². The van der Waals surface area contributed by atoms with Crippen LogP contribution in [0.25, 0.3) is 0 Å². The Morgan fingerprint density at radius 1 is 1.56 bits per heavy atom. The topological polar surface area (TPSA) is 58.6 Å². The van der Waals surface area contributed by atoms with Gasteiger partial charge in [-0.25, -0.2) is 9.18 Å². The third kappa shape index (κ3) is 2.86. The first-order valence-electron chi connectivity index (χ1n) is 5.88. The van der Waals surface area contributed by atoms with Crippen LogP contribution < -0.4 is 5.32 Å². The summed E-state index contributed by atoms with van der Waals surface area (Å²) in [5.41, 5.74) is 0.710. The van der Waals surface area contributed by atoms with Crippen molar-refractivity contribution in [2.24, 2.45) is 0 Å². The summed E-state index contributed by atoms with van der Waals surface area (Å²) in [5.74, 6) is -1.25. The summed E-state index contributed by atoms with van der Waals surface area (Å²) in [6, 6.07) is 4.74. The fourth-order valence-corrected chi connectivity index (χ4v) is 1.96. The highest BCUT2D eigenvalue weighted by molar-refractivity contribution is 5.89. The van der Waals surface area contributed by atoms with E-state index >= 15 is 0 Å². The van der Waals surface area contributed by atoms with Crippen LogP contribution in [0.5, 0.6) is 0 Å². The molecule has 1 aromatic carbocycles. The zero-order valence-corrected chi connectivity index (χ0v) is 10.1. The van der Waals surface area contributed by atoms with Crippen LogP contribution in [0.2, 0.25) is 0 Å². The highest BCUT2D eigenvalue weighted by Crippen LogP contribution is 2.20. The van der Waals surface area contributed by atoms with E-state index < -0.39 is 11.8 Å². The van der Waals surface area contributed by atoms with Crippen molar-refractivity contribution in [2.45, 2.75) is 31.5 Å². The molecule has 1 aromatic rings. The van der Waals surface area contributed by atoms with Crippen molar-refractivity contribution in [1.29, 1.82) is 0 Å². The molecular weight excluding hydrogens is 237 g/mol. The van der Waals surface area contributed by atoms with Gasteiger partial charge in [0.05, 0.1) is 18.8 Å². The largest absolute Gasteiger partial charge is 0.465 e. The van der Waals surface area contributed by atoms with E-state index in [0.29, 0.717) is 12.6 Å². The smallest absolute Gasteiger partial charge is 0.340 e. The molecule has 1 aliphatic rings. The average molecular weight is 253 g/mol. The summed E-state index contributed by atoms with van der Waals surface area (Å²) in [6.07, 6.45) is 1.27. The summed E-state index contributed by atoms with van der Waals surface area (Å²) >= 11 is 0. The van der Waals surface area contributed by atoms with Gasteiger partial charge in [-0.3, -0.25) is 0 Å². The number of benzene rings is 1. The van der Waals surface area contributed by atoms with Crippen LogP contribution in [0.4, 0.5) is 4.39 Å². The molecule has 0 radical (unpaired) electrons. The molecule has 0 aromatic heterocycles. The number of nitrogens with one attached hydrogen (secondary N) is 1. The molecule has 18 heavy (non-hydrogen) atoms. The van der Waals surface area contributed by atoms with E-state index in [2.05, 4.69) is 10.1 Å². The minimum atomic E-state index is -0.672. The molecule has 1 aliphatic carbocycles. The van der Waals surface area contributed by atoms with E-state index in [9.17, 15) is 9.18 Å². The molecule has 0 bridgehead atoms. The Morgan fingerprint density at radius 2 is 2.28 bits per heavy atom. The number of halogens is 1. The normalized spacial score (nSPS) is 22.4. The van der Waals surface area contributed by atoms with Gasteiger partial charge in [0.15, 0.2) is 0 Å². The zero-order valence-electron chi connectivity index (χ0n) is 10.1. The number of esters is 1. The fourth-order valence-electron chi connectivity index (χ4n) is 1.96. The lowest BCUT2D eigenvalue weighted by atomic mass is 9.89. The Kier molecular flexibility index (Phi) is 3.93. The summed E-state index contributed by atoms with van der Waals surface area (Å²) in [7, 11) is 1.22. The van der Waals surface area contributed by atoms with E-state index in [1.54, 1.807) is 6.07 Å². The van der Waals surface area contributed by atoms with E-state index in [-0.39, 0.29) is 11.7 Å². The molecule has 1 fully saturated rings. The Hall–Kier alpha value is -1.46. The van der Waals surface area contributed by atoms with Gasteiger partial charge in [-0.15, -0.1) is 0 Å². The van der Waals surface area contributed by atoms with Gasteiger partial charge in [-0.2, -0.15) is 0 Å². The number of carbonyl (C=O) groups excluding carboxylic acids is 1. The van der Waals surface area contributed by atoms with Gasteiger partial charge in [0.25, 0.3) is 0 Å². The standard InChI is InChI=1S/C13H16FNO3/c1-18-13(17)11-3-2-8(4-12(11)14)7-15-9-5-10(16)6-9/h2-4,9-10,15-16H,5-7H2,1H3. The predicted molar refractivity (Wildman–Crippen MR) is 63.6 cm³/mol. The average Bonchev–Trinajstić information content (AvgIpc) is 2.32. The maximum absolute atomic E-state index is 13.6. The number of methoxy groups -OCH3 is 1. The Morgan fingerprint density at radius 3 is 2.83 bits per heavy atom. The lowest BCUT2D eigenvalue weighted by Crippen LogP contribution is -2.43. The molecule has 0 atom stereocenters. The maximum Gasteiger partial charge on any atom is 0.340 e. The molecule has 1 saturated carbocycles. The van der Waals surface area contributed by atoms with Gasteiger partial charge in [0, 0.05) is 12.6 Å². The second-order valence-corrected chi connectivity index (χ2v) is 4.51. The number of ether oxygens (including phenoxy) is 1. The van der Waals surface area contributed by atoms with Gasteiger partial charge >= 0.3 is 5.97 Å². The van der Waals surface area contributed by atoms with Crippen molar-refractivity contribution in [2.75, 3.05) is 7.11 Å².